The van der Waals surface area contributed by atoms with Gasteiger partial charge in [-0.2, -0.15) is 0 Å². The number of nitrogens with zero attached hydrogens (tertiary/aromatic N) is 2. The fourth-order valence-corrected chi connectivity index (χ4v) is 6.62. The van der Waals surface area contributed by atoms with Crippen molar-refractivity contribution in [3.8, 4) is 0 Å². The van der Waals surface area contributed by atoms with Crippen molar-refractivity contribution in [1.82, 2.24) is 9.80 Å². The summed E-state index contributed by atoms with van der Waals surface area (Å²) in [6.07, 6.45) is 9.66. The van der Waals surface area contributed by atoms with E-state index in [2.05, 4.69) is 4.90 Å². The van der Waals surface area contributed by atoms with Gasteiger partial charge in [-0.25, -0.2) is 4.39 Å². The number of carbonyl (C=O) groups is 1. The Labute approximate surface area is 223 Å². The van der Waals surface area contributed by atoms with Crippen LogP contribution >= 0.6 is 0 Å². The minimum Gasteiger partial charge on any atom is -0.390 e. The number of unbranched alkanes of at least 4 members (excludes halogenated alkanes) is 1. The molecule has 0 aromatic heterocycles. The van der Waals surface area contributed by atoms with Crippen LogP contribution in [0.15, 0.2) is 24.3 Å². The van der Waals surface area contributed by atoms with Crippen molar-refractivity contribution in [3.05, 3.63) is 35.6 Å². The first kappa shape index (κ1) is 30.0. The first-order valence-electron chi connectivity index (χ1n) is 14.3. The summed E-state index contributed by atoms with van der Waals surface area (Å²) in [4.78, 5) is 17.6. The van der Waals surface area contributed by atoms with Crippen molar-refractivity contribution in [2.24, 2.45) is 11.8 Å². The highest BCUT2D eigenvalue weighted by Gasteiger charge is 2.42. The third-order valence-electron chi connectivity index (χ3n) is 8.47. The van der Waals surface area contributed by atoms with Gasteiger partial charge in [0.05, 0.1) is 11.2 Å². The lowest BCUT2D eigenvalue weighted by atomic mass is 9.74. The summed E-state index contributed by atoms with van der Waals surface area (Å²) in [6, 6.07) is 6.29. The Morgan fingerprint density at radius 2 is 2.00 bits per heavy atom. The van der Waals surface area contributed by atoms with Crippen LogP contribution in [0.1, 0.15) is 82.6 Å². The molecule has 0 bridgehead atoms. The summed E-state index contributed by atoms with van der Waals surface area (Å²) in [5, 5.41) is 23.2. The summed E-state index contributed by atoms with van der Waals surface area (Å²) >= 11 is 0. The van der Waals surface area contributed by atoms with E-state index >= 15 is 0 Å². The van der Waals surface area contributed by atoms with E-state index in [-0.39, 0.29) is 23.6 Å². The molecule has 2 fully saturated rings. The molecule has 3 atom stereocenters. The minimum atomic E-state index is -1.20. The van der Waals surface area contributed by atoms with Gasteiger partial charge in [0.15, 0.2) is 0 Å². The zero-order chi connectivity index (χ0) is 26.9. The van der Waals surface area contributed by atoms with Gasteiger partial charge in [0, 0.05) is 45.7 Å². The summed E-state index contributed by atoms with van der Waals surface area (Å²) in [6.45, 7) is 2.53. The monoisotopic (exact) mass is 520 g/mol. The van der Waals surface area contributed by atoms with Crippen molar-refractivity contribution >= 4 is 5.91 Å². The van der Waals surface area contributed by atoms with Gasteiger partial charge in [-0.3, -0.25) is 4.79 Å². The molecule has 37 heavy (non-hydrogen) atoms. The van der Waals surface area contributed by atoms with E-state index in [1.807, 2.05) is 19.0 Å². The lowest BCUT2D eigenvalue weighted by molar-refractivity contribution is -0.138. The van der Waals surface area contributed by atoms with E-state index in [1.165, 1.54) is 18.6 Å². The number of amides is 1. The maximum absolute atomic E-state index is 14.2. The van der Waals surface area contributed by atoms with Gasteiger partial charge in [-0.05, 0) is 89.1 Å². The Morgan fingerprint density at radius 3 is 2.68 bits per heavy atom. The highest BCUT2D eigenvalue weighted by molar-refractivity contribution is 5.76. The predicted molar refractivity (Wildman–Crippen MR) is 145 cm³/mol. The number of carbonyl (C=O) groups excluding carboxylic acids is 1. The Bertz CT molecular complexity index is 845. The first-order valence-corrected chi connectivity index (χ1v) is 14.3. The zero-order valence-electron chi connectivity index (χ0n) is 23.3. The number of hydrogen-bond donors (Lipinski definition) is 2. The molecular formula is C30H49FN2O4. The fourth-order valence-electron chi connectivity index (χ4n) is 6.62. The number of halogens is 1. The summed E-state index contributed by atoms with van der Waals surface area (Å²) in [5.74, 6) is -0.341. The highest BCUT2D eigenvalue weighted by Crippen LogP contribution is 2.40. The molecule has 1 heterocycles. The lowest BCUT2D eigenvalue weighted by Gasteiger charge is -2.43. The van der Waals surface area contributed by atoms with E-state index in [9.17, 15) is 19.4 Å². The van der Waals surface area contributed by atoms with E-state index in [0.717, 1.165) is 57.9 Å². The van der Waals surface area contributed by atoms with Crippen LogP contribution in [0.2, 0.25) is 0 Å². The summed E-state index contributed by atoms with van der Waals surface area (Å²) < 4.78 is 19.3. The molecule has 0 radical (unpaired) electrons. The van der Waals surface area contributed by atoms with E-state index in [1.54, 1.807) is 19.2 Å². The third kappa shape index (κ3) is 8.74. The first-order chi connectivity index (χ1) is 17.6. The highest BCUT2D eigenvalue weighted by atomic mass is 19.1. The largest absolute Gasteiger partial charge is 0.390 e. The smallest absolute Gasteiger partial charge is 0.222 e. The molecular weight excluding hydrogens is 471 g/mol. The van der Waals surface area contributed by atoms with Crippen molar-refractivity contribution in [3.63, 3.8) is 0 Å². The van der Waals surface area contributed by atoms with Crippen LogP contribution in [0.5, 0.6) is 0 Å². The quantitative estimate of drug-likeness (QED) is 0.368. The molecule has 1 aliphatic carbocycles. The number of aliphatic hydroxyl groups is 2. The number of rotatable bonds is 13. The van der Waals surface area contributed by atoms with Gasteiger partial charge < -0.3 is 24.7 Å². The van der Waals surface area contributed by atoms with Gasteiger partial charge in [0.25, 0.3) is 0 Å². The number of hydrogen-bond acceptors (Lipinski definition) is 5. The van der Waals surface area contributed by atoms with Crippen molar-refractivity contribution in [2.75, 3.05) is 47.4 Å². The second-order valence-corrected chi connectivity index (χ2v) is 11.9. The number of methoxy groups -OCH3 is 1. The Hall–Kier alpha value is -1.54. The zero-order valence-corrected chi connectivity index (χ0v) is 23.3. The average Bonchev–Trinajstić information content (AvgIpc) is 2.86. The van der Waals surface area contributed by atoms with Gasteiger partial charge in [0.2, 0.25) is 5.91 Å². The Morgan fingerprint density at radius 1 is 1.24 bits per heavy atom. The van der Waals surface area contributed by atoms with Crippen LogP contribution < -0.4 is 0 Å². The molecule has 1 unspecified atom stereocenters. The molecule has 1 amide bonds. The van der Waals surface area contributed by atoms with Crippen LogP contribution in [0, 0.1) is 17.7 Å². The van der Waals surface area contributed by atoms with Gasteiger partial charge in [0.1, 0.15) is 5.82 Å². The summed E-state index contributed by atoms with van der Waals surface area (Å²) in [5.41, 5.74) is -1.27. The molecule has 1 saturated carbocycles. The van der Waals surface area contributed by atoms with Gasteiger partial charge in [-0.15, -0.1) is 0 Å². The van der Waals surface area contributed by atoms with Crippen LogP contribution in [-0.2, 0) is 15.1 Å². The van der Waals surface area contributed by atoms with E-state index in [0.29, 0.717) is 44.5 Å². The second-order valence-electron chi connectivity index (χ2n) is 11.9. The van der Waals surface area contributed by atoms with Crippen molar-refractivity contribution in [2.45, 2.75) is 88.3 Å². The molecule has 3 rings (SSSR count). The maximum Gasteiger partial charge on any atom is 0.222 e. The Kier molecular flexibility index (Phi) is 11.4. The Balaban J connectivity index is 1.71. The normalized spacial score (nSPS) is 22.6. The van der Waals surface area contributed by atoms with Crippen LogP contribution in [0.3, 0.4) is 0 Å². The SMILES string of the molecule is COCCCC[C@@](O)(c1cccc(F)c1)[C@@H]1CCCN(C(=O)CC(CN(C)C)CC2(O)CCCCC2)C1. The fraction of sp³-hybridized carbons (Fsp3) is 0.767. The maximum atomic E-state index is 14.2. The van der Waals surface area contributed by atoms with Crippen molar-refractivity contribution < 1.29 is 24.1 Å². The molecule has 1 aromatic carbocycles. The van der Waals surface area contributed by atoms with Gasteiger partial charge >= 0.3 is 0 Å². The molecule has 2 aliphatic rings. The molecule has 2 N–H and O–H groups in total. The number of piperidine rings is 1. The molecule has 7 heteroatoms. The molecule has 1 aliphatic heterocycles. The van der Waals surface area contributed by atoms with Crippen LogP contribution in [0.25, 0.3) is 0 Å². The van der Waals surface area contributed by atoms with Crippen LogP contribution in [0.4, 0.5) is 4.39 Å². The molecule has 0 spiro atoms. The van der Waals surface area contributed by atoms with Gasteiger partial charge in [-0.1, -0.05) is 31.4 Å². The third-order valence-corrected chi connectivity index (χ3v) is 8.47. The van der Waals surface area contributed by atoms with Crippen LogP contribution in [-0.4, -0.2) is 79.0 Å². The predicted octanol–water partition coefficient (Wildman–Crippen LogP) is 4.72. The molecule has 6 nitrogen and oxygen atoms in total. The van der Waals surface area contributed by atoms with E-state index in [4.69, 9.17) is 4.74 Å². The average molecular weight is 521 g/mol. The molecule has 210 valence electrons. The molecule has 1 aromatic rings. The lowest BCUT2D eigenvalue weighted by Crippen LogP contribution is -2.49. The van der Waals surface area contributed by atoms with E-state index < -0.39 is 11.2 Å². The second kappa shape index (κ2) is 14.0. The number of ether oxygens (including phenoxy) is 1. The number of benzene rings is 1. The standard InChI is InChI=1S/C30H49FN2O4/c1-32(2)22-24(21-29(35)14-5-4-6-15-29)19-28(34)33-17-10-12-26(23-33)30(36,16-7-8-18-37-3)25-11-9-13-27(31)20-25/h9,11,13,20,24,26,35-36H,4-8,10,12,14-19,21-23H2,1-3H3/t24?,26-,30-/m1/s1. The summed E-state index contributed by atoms with van der Waals surface area (Å²) in [7, 11) is 5.70. The molecule has 1 saturated heterocycles. The topological polar surface area (TPSA) is 73.2 Å². The minimum absolute atomic E-state index is 0.0853. The number of likely N-dealkylation sites (tertiary alicyclic amines) is 1. The van der Waals surface area contributed by atoms with Crippen molar-refractivity contribution in [1.29, 1.82) is 0 Å².